The maximum Gasteiger partial charge on any atom is 0.326 e. The van der Waals surface area contributed by atoms with E-state index in [2.05, 4.69) is 84.4 Å². The number of ether oxygens (including phenoxy) is 1. The predicted octanol–water partition coefficient (Wildman–Crippen LogP) is 7.80. The van der Waals surface area contributed by atoms with Crippen LogP contribution in [0.5, 0.6) is 0 Å². The van der Waals surface area contributed by atoms with E-state index in [0.717, 1.165) is 44.9 Å². The minimum Gasteiger partial charge on any atom is -0.480 e. The van der Waals surface area contributed by atoms with Crippen molar-refractivity contribution < 1.29 is 24.2 Å². The van der Waals surface area contributed by atoms with Crippen molar-refractivity contribution >= 4 is 17.8 Å². The van der Waals surface area contributed by atoms with Crippen LogP contribution in [-0.4, -0.2) is 53.7 Å². The number of unbranched alkanes of at least 4 members (excludes halogenated alkanes) is 1. The molecule has 0 saturated carbocycles. The summed E-state index contributed by atoms with van der Waals surface area (Å²) in [5, 5.41) is 15.2. The fourth-order valence-electron chi connectivity index (χ4n) is 4.95. The van der Waals surface area contributed by atoms with Gasteiger partial charge in [0.1, 0.15) is 6.04 Å². The maximum atomic E-state index is 12.9. The predicted molar refractivity (Wildman–Crippen MR) is 198 cm³/mol. The maximum absolute atomic E-state index is 12.9. The first kappa shape index (κ1) is 42.5. The van der Waals surface area contributed by atoms with Gasteiger partial charge in [-0.2, -0.15) is 0 Å². The molecule has 8 nitrogen and oxygen atoms in total. The molecular weight excluding hydrogens is 602 g/mol. The highest BCUT2D eigenvalue weighted by molar-refractivity contribution is 5.96. The van der Waals surface area contributed by atoms with Crippen LogP contribution in [0.4, 0.5) is 0 Å². The molecule has 0 aromatic heterocycles. The standard InChI is InChI=1S/C40H63N3O5/c1-5-7-8-9-10-11-12-13-14-15-16-17-18-19-20-21-22-23-24-28-38(44)42-29-26-25-27-36(40(46)47)43-39(45)34-30-35(41)33(4)37(31-34)48-32(3)6-2/h7-8,10-11,13-14,16-17,19-20,22-23,31-33,35-37H,5-6,9,12,15,18,21,24-30,41H2,1-4H3,(H,42,44)(H,43,45)(H,46,47)/b8-7-,11-10-,14-13-,17-16-,20-19-,23-22-/t32?,33-,35+,36+,37-/m1/s1. The number of carbonyl (C=O) groups excluding carboxylic acids is 2. The Labute approximate surface area is 290 Å². The molecule has 268 valence electrons. The SMILES string of the molecule is CC/C=C\C/C=C\C/C=C\C/C=C\C/C=C\C/C=C\CCC(=O)NCCCC[C@H](NC(=O)C1=C[C@@H](OC(C)CC)[C@H](C)[C@@H](N)C1)C(=O)O. The lowest BCUT2D eigenvalue weighted by Crippen LogP contribution is -2.46. The second-order valence-corrected chi connectivity index (χ2v) is 12.4. The van der Waals surface area contributed by atoms with Crippen molar-refractivity contribution in [3.05, 3.63) is 84.6 Å². The molecule has 5 N–H and O–H groups in total. The van der Waals surface area contributed by atoms with Crippen LogP contribution in [-0.2, 0) is 19.1 Å². The molecule has 0 aromatic carbocycles. The van der Waals surface area contributed by atoms with Crippen molar-refractivity contribution in [2.24, 2.45) is 11.7 Å². The van der Waals surface area contributed by atoms with Crippen LogP contribution in [0.15, 0.2) is 84.6 Å². The molecule has 5 atom stereocenters. The average Bonchev–Trinajstić information content (AvgIpc) is 3.06. The van der Waals surface area contributed by atoms with Crippen LogP contribution >= 0.6 is 0 Å². The van der Waals surface area contributed by atoms with E-state index in [4.69, 9.17) is 10.5 Å². The molecular formula is C40H63N3O5. The number of rotatable bonds is 25. The van der Waals surface area contributed by atoms with E-state index in [1.54, 1.807) is 6.08 Å². The Morgan fingerprint density at radius 3 is 1.96 bits per heavy atom. The first-order valence-electron chi connectivity index (χ1n) is 18.0. The Kier molecular flexibility index (Phi) is 24.3. The largest absolute Gasteiger partial charge is 0.480 e. The van der Waals surface area contributed by atoms with E-state index in [9.17, 15) is 19.5 Å². The Morgan fingerprint density at radius 2 is 1.44 bits per heavy atom. The molecule has 0 radical (unpaired) electrons. The van der Waals surface area contributed by atoms with E-state index in [0.29, 0.717) is 44.2 Å². The number of carbonyl (C=O) groups is 3. The number of carboxylic acids is 1. The van der Waals surface area contributed by atoms with Gasteiger partial charge >= 0.3 is 5.97 Å². The third-order valence-corrected chi connectivity index (χ3v) is 8.25. The van der Waals surface area contributed by atoms with Gasteiger partial charge in [0.05, 0.1) is 12.2 Å². The third kappa shape index (κ3) is 20.7. The van der Waals surface area contributed by atoms with Crippen molar-refractivity contribution in [2.45, 2.75) is 135 Å². The summed E-state index contributed by atoms with van der Waals surface area (Å²) in [6, 6.07) is -1.25. The normalized spacial score (nSPS) is 20.0. The van der Waals surface area contributed by atoms with Crippen LogP contribution in [0.2, 0.25) is 0 Å². The summed E-state index contributed by atoms with van der Waals surface area (Å²) in [5.41, 5.74) is 6.75. The van der Waals surface area contributed by atoms with Crippen LogP contribution in [0.3, 0.4) is 0 Å². The van der Waals surface area contributed by atoms with E-state index in [1.165, 1.54) is 0 Å². The zero-order chi connectivity index (χ0) is 35.4. The summed E-state index contributed by atoms with van der Waals surface area (Å²) in [5.74, 6) is -1.45. The highest BCUT2D eigenvalue weighted by Gasteiger charge is 2.32. The summed E-state index contributed by atoms with van der Waals surface area (Å²) in [6.45, 7) is 8.63. The van der Waals surface area contributed by atoms with Gasteiger partial charge in [-0.25, -0.2) is 4.79 Å². The molecule has 48 heavy (non-hydrogen) atoms. The van der Waals surface area contributed by atoms with Crippen LogP contribution in [0, 0.1) is 5.92 Å². The Balaban J connectivity index is 2.20. The van der Waals surface area contributed by atoms with E-state index >= 15 is 0 Å². The van der Waals surface area contributed by atoms with Gasteiger partial charge in [0.2, 0.25) is 11.8 Å². The van der Waals surface area contributed by atoms with Gasteiger partial charge in [0, 0.05) is 30.5 Å². The zero-order valence-corrected chi connectivity index (χ0v) is 29.9. The van der Waals surface area contributed by atoms with Crippen molar-refractivity contribution in [3.8, 4) is 0 Å². The molecule has 0 saturated heterocycles. The lowest BCUT2D eigenvalue weighted by Gasteiger charge is -2.34. The number of allylic oxidation sites excluding steroid dienone is 12. The molecule has 0 aromatic rings. The van der Waals surface area contributed by atoms with Crippen molar-refractivity contribution in [2.75, 3.05) is 6.54 Å². The Morgan fingerprint density at radius 1 is 0.896 bits per heavy atom. The van der Waals surface area contributed by atoms with Crippen LogP contribution in [0.25, 0.3) is 0 Å². The van der Waals surface area contributed by atoms with Crippen molar-refractivity contribution in [1.82, 2.24) is 10.6 Å². The topological polar surface area (TPSA) is 131 Å². The van der Waals surface area contributed by atoms with Gasteiger partial charge in [-0.05, 0) is 90.0 Å². The molecule has 0 aliphatic heterocycles. The zero-order valence-electron chi connectivity index (χ0n) is 29.9. The monoisotopic (exact) mass is 665 g/mol. The lowest BCUT2D eigenvalue weighted by molar-refractivity contribution is -0.141. The number of nitrogens with two attached hydrogens (primary N) is 1. The van der Waals surface area contributed by atoms with Gasteiger partial charge in [-0.1, -0.05) is 93.7 Å². The van der Waals surface area contributed by atoms with Crippen LogP contribution in [0.1, 0.15) is 111 Å². The van der Waals surface area contributed by atoms with Gasteiger partial charge in [0.25, 0.3) is 0 Å². The van der Waals surface area contributed by atoms with E-state index in [1.807, 2.05) is 26.8 Å². The molecule has 1 aliphatic rings. The number of amides is 2. The molecule has 0 heterocycles. The molecule has 1 unspecified atom stereocenters. The highest BCUT2D eigenvalue weighted by Crippen LogP contribution is 2.27. The summed E-state index contributed by atoms with van der Waals surface area (Å²) in [6.07, 6.45) is 37.0. The van der Waals surface area contributed by atoms with Crippen LogP contribution < -0.4 is 16.4 Å². The quantitative estimate of drug-likeness (QED) is 0.0582. The lowest BCUT2D eigenvalue weighted by atomic mass is 9.84. The first-order valence-corrected chi connectivity index (χ1v) is 18.0. The number of carboxylic acid groups (broad SMARTS) is 1. The minimum absolute atomic E-state index is 0.0263. The van der Waals surface area contributed by atoms with Crippen molar-refractivity contribution in [3.63, 3.8) is 0 Å². The summed E-state index contributed by atoms with van der Waals surface area (Å²) >= 11 is 0. The highest BCUT2D eigenvalue weighted by atomic mass is 16.5. The Bertz CT molecular complexity index is 1130. The Hall–Kier alpha value is -3.49. The van der Waals surface area contributed by atoms with E-state index in [-0.39, 0.29) is 36.5 Å². The fourth-order valence-corrected chi connectivity index (χ4v) is 4.95. The third-order valence-electron chi connectivity index (χ3n) is 8.25. The molecule has 8 heteroatoms. The minimum atomic E-state index is -1.08. The molecule has 0 bridgehead atoms. The summed E-state index contributed by atoms with van der Waals surface area (Å²) in [7, 11) is 0. The average molecular weight is 666 g/mol. The first-order chi connectivity index (χ1) is 23.2. The van der Waals surface area contributed by atoms with Gasteiger partial charge < -0.3 is 26.2 Å². The molecule has 0 fully saturated rings. The summed E-state index contributed by atoms with van der Waals surface area (Å²) < 4.78 is 6.05. The van der Waals surface area contributed by atoms with E-state index < -0.39 is 17.9 Å². The van der Waals surface area contributed by atoms with Crippen molar-refractivity contribution in [1.29, 1.82) is 0 Å². The fraction of sp³-hybridized carbons (Fsp3) is 0.575. The second kappa shape index (κ2) is 27.5. The van der Waals surface area contributed by atoms with Gasteiger partial charge in [-0.15, -0.1) is 0 Å². The number of hydrogen-bond acceptors (Lipinski definition) is 5. The van der Waals surface area contributed by atoms with Gasteiger partial charge in [-0.3, -0.25) is 9.59 Å². The number of nitrogens with one attached hydrogen (secondary N) is 2. The number of hydrogen-bond donors (Lipinski definition) is 4. The number of aliphatic carboxylic acids is 1. The summed E-state index contributed by atoms with van der Waals surface area (Å²) in [4.78, 5) is 36.9. The molecule has 1 aliphatic carbocycles. The van der Waals surface area contributed by atoms with Gasteiger partial charge in [0.15, 0.2) is 0 Å². The second-order valence-electron chi connectivity index (χ2n) is 12.4. The molecule has 1 rings (SSSR count). The molecule has 0 spiro atoms. The molecule has 2 amide bonds. The smallest absolute Gasteiger partial charge is 0.326 e.